The summed E-state index contributed by atoms with van der Waals surface area (Å²) in [6.07, 6.45) is 0. The number of hydrogen-bond donors (Lipinski definition) is 2. The van der Waals surface area contributed by atoms with Gasteiger partial charge in [-0.05, 0) is 12.1 Å². The van der Waals surface area contributed by atoms with E-state index in [2.05, 4.69) is 10.2 Å². The average Bonchev–Trinajstić information content (AvgIpc) is 2.52. The number of carbonyl (C=O) groups is 1. The van der Waals surface area contributed by atoms with E-state index in [1.54, 1.807) is 24.3 Å². The molecule has 2 rings (SSSR count). The molecule has 0 atom stereocenters. The summed E-state index contributed by atoms with van der Waals surface area (Å²) in [5, 5.41) is 12.4. The van der Waals surface area contributed by atoms with Gasteiger partial charge in [-0.25, -0.2) is 4.79 Å². The lowest BCUT2D eigenvalue weighted by Gasteiger charge is -2.26. The summed E-state index contributed by atoms with van der Waals surface area (Å²) in [6, 6.07) is 6.73. The number of nitrogens with one attached hydrogen (secondary N) is 1. The number of aromatic carboxylic acids is 1. The highest BCUT2D eigenvalue weighted by Gasteiger charge is 2.10. The number of benzene rings is 1. The summed E-state index contributed by atoms with van der Waals surface area (Å²) >= 11 is 2.02. The van der Waals surface area contributed by atoms with Gasteiger partial charge in [-0.1, -0.05) is 12.1 Å². The molecule has 1 saturated heterocycles. The Bertz CT molecular complexity index is 450. The molecule has 1 aromatic carbocycles. The molecule has 0 saturated carbocycles. The van der Waals surface area contributed by atoms with Crippen molar-refractivity contribution in [3.05, 3.63) is 29.8 Å². The third-order valence-electron chi connectivity index (χ3n) is 3.36. The number of rotatable bonds is 8. The molecule has 116 valence electrons. The smallest absolute Gasteiger partial charge is 0.339 e. The van der Waals surface area contributed by atoms with E-state index in [9.17, 15) is 4.79 Å². The number of carboxylic acid groups (broad SMARTS) is 1. The Kier molecular flexibility index (Phi) is 6.85. The lowest BCUT2D eigenvalue weighted by atomic mass is 10.2. The minimum absolute atomic E-state index is 0.211. The van der Waals surface area contributed by atoms with Crippen LogP contribution in [0.15, 0.2) is 24.3 Å². The first-order chi connectivity index (χ1) is 10.3. The molecule has 1 aliphatic heterocycles. The van der Waals surface area contributed by atoms with Crippen molar-refractivity contribution in [2.45, 2.75) is 0 Å². The molecule has 0 radical (unpaired) electrons. The van der Waals surface area contributed by atoms with E-state index in [-0.39, 0.29) is 5.56 Å². The zero-order valence-corrected chi connectivity index (χ0v) is 12.9. The number of para-hydroxylation sites is 1. The maximum absolute atomic E-state index is 11.0. The molecule has 1 aliphatic rings. The van der Waals surface area contributed by atoms with E-state index >= 15 is 0 Å². The predicted octanol–water partition coefficient (Wildman–Crippen LogP) is 1.40. The lowest BCUT2D eigenvalue weighted by Crippen LogP contribution is -2.38. The number of nitrogens with zero attached hydrogens (tertiary/aromatic N) is 1. The molecular weight excluding hydrogens is 288 g/mol. The first-order valence-corrected chi connectivity index (χ1v) is 8.39. The van der Waals surface area contributed by atoms with Gasteiger partial charge < -0.3 is 20.1 Å². The van der Waals surface area contributed by atoms with E-state index in [1.165, 1.54) is 24.6 Å². The quantitative estimate of drug-likeness (QED) is 0.708. The van der Waals surface area contributed by atoms with Crippen LogP contribution in [0.25, 0.3) is 0 Å². The van der Waals surface area contributed by atoms with Gasteiger partial charge in [0, 0.05) is 44.2 Å². The van der Waals surface area contributed by atoms with Gasteiger partial charge in [-0.15, -0.1) is 0 Å². The van der Waals surface area contributed by atoms with E-state index in [1.807, 2.05) is 11.8 Å². The van der Waals surface area contributed by atoms with E-state index in [4.69, 9.17) is 9.84 Å². The second-order valence-corrected chi connectivity index (χ2v) is 6.08. The Morgan fingerprint density at radius 3 is 2.81 bits per heavy atom. The molecular formula is C15H22N2O3S. The Morgan fingerprint density at radius 2 is 2.05 bits per heavy atom. The van der Waals surface area contributed by atoms with Crippen LogP contribution in [0.2, 0.25) is 0 Å². The summed E-state index contributed by atoms with van der Waals surface area (Å²) in [4.78, 5) is 13.5. The molecule has 0 amide bonds. The molecule has 1 heterocycles. The van der Waals surface area contributed by atoms with Crippen LogP contribution in [-0.4, -0.2) is 66.8 Å². The van der Waals surface area contributed by atoms with Crippen LogP contribution in [0.4, 0.5) is 0 Å². The Labute approximate surface area is 129 Å². The molecule has 2 N–H and O–H groups in total. The van der Waals surface area contributed by atoms with E-state index < -0.39 is 5.97 Å². The average molecular weight is 310 g/mol. The fraction of sp³-hybridized carbons (Fsp3) is 0.533. The number of hydrogen-bond acceptors (Lipinski definition) is 5. The maximum Gasteiger partial charge on any atom is 0.339 e. The third-order valence-corrected chi connectivity index (χ3v) is 4.30. The first kappa shape index (κ1) is 16.1. The standard InChI is InChI=1S/C15H22N2O3S/c18-15(19)13-3-1-2-4-14(13)20-10-6-16-5-7-17-8-11-21-12-9-17/h1-4,16H,5-12H2,(H,18,19). The van der Waals surface area contributed by atoms with Crippen LogP contribution in [0.3, 0.4) is 0 Å². The van der Waals surface area contributed by atoms with Crippen molar-refractivity contribution < 1.29 is 14.6 Å². The monoisotopic (exact) mass is 310 g/mol. The first-order valence-electron chi connectivity index (χ1n) is 7.23. The van der Waals surface area contributed by atoms with Gasteiger partial charge in [0.15, 0.2) is 0 Å². The number of carboxylic acids is 1. The fourth-order valence-electron chi connectivity index (χ4n) is 2.19. The molecule has 1 fully saturated rings. The maximum atomic E-state index is 11.0. The highest BCUT2D eigenvalue weighted by atomic mass is 32.2. The van der Waals surface area contributed by atoms with E-state index in [0.717, 1.165) is 19.6 Å². The Morgan fingerprint density at radius 1 is 1.29 bits per heavy atom. The summed E-state index contributed by atoms with van der Waals surface area (Å²) < 4.78 is 5.53. The van der Waals surface area contributed by atoms with Crippen LogP contribution in [0.5, 0.6) is 5.75 Å². The second kappa shape index (κ2) is 8.92. The van der Waals surface area contributed by atoms with Crippen LogP contribution in [-0.2, 0) is 0 Å². The summed E-state index contributed by atoms with van der Waals surface area (Å²) in [5.41, 5.74) is 0.211. The van der Waals surface area contributed by atoms with Crippen LogP contribution < -0.4 is 10.1 Å². The Hall–Kier alpha value is -1.24. The number of ether oxygens (including phenoxy) is 1. The van der Waals surface area contributed by atoms with Gasteiger partial charge in [0.05, 0.1) is 0 Å². The lowest BCUT2D eigenvalue weighted by molar-refractivity contribution is 0.0692. The molecule has 1 aromatic rings. The minimum atomic E-state index is -0.957. The van der Waals surface area contributed by atoms with Gasteiger partial charge in [0.1, 0.15) is 17.9 Å². The van der Waals surface area contributed by atoms with Crippen molar-refractivity contribution >= 4 is 17.7 Å². The van der Waals surface area contributed by atoms with Crippen LogP contribution >= 0.6 is 11.8 Å². The molecule has 0 bridgehead atoms. The second-order valence-electron chi connectivity index (χ2n) is 4.85. The highest BCUT2D eigenvalue weighted by Crippen LogP contribution is 2.17. The molecule has 5 nitrogen and oxygen atoms in total. The van der Waals surface area contributed by atoms with Crippen LogP contribution in [0, 0.1) is 0 Å². The third kappa shape index (κ3) is 5.57. The SMILES string of the molecule is O=C(O)c1ccccc1OCCNCCN1CCSCC1. The number of thioether (sulfide) groups is 1. The molecule has 0 unspecified atom stereocenters. The fourth-order valence-corrected chi connectivity index (χ4v) is 3.17. The summed E-state index contributed by atoms with van der Waals surface area (Å²) in [7, 11) is 0. The van der Waals surface area contributed by atoms with Crippen molar-refractivity contribution in [1.29, 1.82) is 0 Å². The molecule has 21 heavy (non-hydrogen) atoms. The van der Waals surface area contributed by atoms with Crippen molar-refractivity contribution in [3.8, 4) is 5.75 Å². The van der Waals surface area contributed by atoms with Gasteiger partial charge >= 0.3 is 5.97 Å². The minimum Gasteiger partial charge on any atom is -0.491 e. The zero-order valence-electron chi connectivity index (χ0n) is 12.1. The summed E-state index contributed by atoms with van der Waals surface area (Å²) in [6.45, 7) is 5.54. The van der Waals surface area contributed by atoms with Gasteiger partial charge in [-0.2, -0.15) is 11.8 Å². The van der Waals surface area contributed by atoms with Gasteiger partial charge in [-0.3, -0.25) is 0 Å². The van der Waals surface area contributed by atoms with Crippen molar-refractivity contribution in [2.24, 2.45) is 0 Å². The summed E-state index contributed by atoms with van der Waals surface area (Å²) in [5.74, 6) is 1.94. The van der Waals surface area contributed by atoms with Crippen LogP contribution in [0.1, 0.15) is 10.4 Å². The Balaban J connectivity index is 1.60. The highest BCUT2D eigenvalue weighted by molar-refractivity contribution is 7.99. The van der Waals surface area contributed by atoms with Crippen molar-refractivity contribution in [3.63, 3.8) is 0 Å². The molecule has 0 spiro atoms. The van der Waals surface area contributed by atoms with Gasteiger partial charge in [0.25, 0.3) is 0 Å². The van der Waals surface area contributed by atoms with Crippen molar-refractivity contribution in [1.82, 2.24) is 10.2 Å². The van der Waals surface area contributed by atoms with Gasteiger partial charge in [0.2, 0.25) is 0 Å². The zero-order chi connectivity index (χ0) is 14.9. The van der Waals surface area contributed by atoms with Crippen molar-refractivity contribution in [2.75, 3.05) is 50.8 Å². The molecule has 0 aromatic heterocycles. The largest absolute Gasteiger partial charge is 0.491 e. The normalized spacial score (nSPS) is 15.8. The molecule has 6 heteroatoms. The predicted molar refractivity (Wildman–Crippen MR) is 85.5 cm³/mol. The molecule has 0 aliphatic carbocycles. The topological polar surface area (TPSA) is 61.8 Å². The van der Waals surface area contributed by atoms with E-state index in [0.29, 0.717) is 12.4 Å².